The Morgan fingerprint density at radius 2 is 2.07 bits per heavy atom. The molecule has 0 atom stereocenters. The van der Waals surface area contributed by atoms with Gasteiger partial charge in [-0.15, -0.1) is 0 Å². The van der Waals surface area contributed by atoms with Gasteiger partial charge in [0.05, 0.1) is 7.11 Å². The molecule has 0 aliphatic carbocycles. The molecule has 0 saturated heterocycles. The maximum absolute atomic E-state index is 13.5. The maximum atomic E-state index is 13.5. The van der Waals surface area contributed by atoms with E-state index >= 15 is 0 Å². The highest BCUT2D eigenvalue weighted by Crippen LogP contribution is 2.22. The van der Waals surface area contributed by atoms with Crippen molar-refractivity contribution in [3.05, 3.63) is 35.8 Å². The van der Waals surface area contributed by atoms with Gasteiger partial charge in [0.15, 0.2) is 5.82 Å². The van der Waals surface area contributed by atoms with Crippen LogP contribution in [0.1, 0.15) is 5.69 Å². The third-order valence-corrected chi connectivity index (χ3v) is 2.09. The summed E-state index contributed by atoms with van der Waals surface area (Å²) in [4.78, 5) is 4.12. The molecule has 0 bridgehead atoms. The lowest BCUT2D eigenvalue weighted by molar-refractivity contribution is 0.412. The number of hydrogen-bond acceptors (Lipinski definition) is 2. The Morgan fingerprint density at radius 3 is 2.79 bits per heavy atom. The van der Waals surface area contributed by atoms with Gasteiger partial charge in [-0.1, -0.05) is 6.07 Å². The molecule has 1 aromatic carbocycles. The zero-order valence-corrected chi connectivity index (χ0v) is 8.04. The van der Waals surface area contributed by atoms with Crippen LogP contribution in [-0.4, -0.2) is 12.1 Å². The Kier molecular flexibility index (Phi) is 2.08. The van der Waals surface area contributed by atoms with Crippen LogP contribution in [-0.2, 0) is 0 Å². The van der Waals surface area contributed by atoms with E-state index in [9.17, 15) is 4.39 Å². The molecule has 0 unspecified atom stereocenters. The molecule has 0 N–H and O–H groups in total. The van der Waals surface area contributed by atoms with E-state index in [1.807, 2.05) is 19.1 Å². The number of benzene rings is 1. The molecular weight excluding hydrogens is 181 g/mol. The van der Waals surface area contributed by atoms with Gasteiger partial charge in [-0.05, 0) is 19.1 Å². The monoisotopic (exact) mass is 191 g/mol. The average molecular weight is 191 g/mol. The van der Waals surface area contributed by atoms with Crippen LogP contribution < -0.4 is 4.74 Å². The minimum absolute atomic E-state index is 0.344. The van der Waals surface area contributed by atoms with Gasteiger partial charge in [0, 0.05) is 17.1 Å². The Bertz CT molecular complexity index is 482. The summed E-state index contributed by atoms with van der Waals surface area (Å²) in [5, 5.41) is 0.757. The Morgan fingerprint density at radius 1 is 1.29 bits per heavy atom. The van der Waals surface area contributed by atoms with Crippen molar-refractivity contribution in [3.8, 4) is 5.75 Å². The topological polar surface area (TPSA) is 22.1 Å². The Labute approximate surface area is 81.3 Å². The zero-order valence-electron chi connectivity index (χ0n) is 8.04. The van der Waals surface area contributed by atoms with Gasteiger partial charge in [0.25, 0.3) is 0 Å². The molecule has 14 heavy (non-hydrogen) atoms. The molecule has 0 saturated carbocycles. The van der Waals surface area contributed by atoms with Crippen LogP contribution in [0.3, 0.4) is 0 Å². The van der Waals surface area contributed by atoms with Crippen molar-refractivity contribution in [2.24, 2.45) is 0 Å². The van der Waals surface area contributed by atoms with Crippen molar-refractivity contribution in [3.63, 3.8) is 0 Å². The molecule has 1 heterocycles. The highest BCUT2D eigenvalue weighted by atomic mass is 19.1. The largest absolute Gasteiger partial charge is 0.497 e. The lowest BCUT2D eigenvalue weighted by Gasteiger charge is -2.03. The Balaban J connectivity index is 2.76. The van der Waals surface area contributed by atoms with E-state index in [-0.39, 0.29) is 5.82 Å². The number of fused-ring (bicyclic) bond motifs is 1. The van der Waals surface area contributed by atoms with Crippen LogP contribution >= 0.6 is 0 Å². The number of rotatable bonds is 1. The number of pyridine rings is 1. The van der Waals surface area contributed by atoms with Gasteiger partial charge in [-0.25, -0.2) is 4.39 Å². The van der Waals surface area contributed by atoms with Crippen molar-refractivity contribution in [2.75, 3.05) is 7.11 Å². The molecule has 0 spiro atoms. The summed E-state index contributed by atoms with van der Waals surface area (Å²) in [6.45, 7) is 1.84. The second-order valence-corrected chi connectivity index (χ2v) is 3.13. The van der Waals surface area contributed by atoms with Crippen molar-refractivity contribution >= 4 is 10.9 Å². The normalized spacial score (nSPS) is 10.5. The molecule has 2 nitrogen and oxygen atoms in total. The molecular formula is C11H10FNO. The van der Waals surface area contributed by atoms with Gasteiger partial charge in [0.2, 0.25) is 0 Å². The quantitative estimate of drug-likeness (QED) is 0.691. The summed E-state index contributed by atoms with van der Waals surface area (Å²) >= 11 is 0. The minimum Gasteiger partial charge on any atom is -0.497 e. The van der Waals surface area contributed by atoms with E-state index < -0.39 is 0 Å². The highest BCUT2D eigenvalue weighted by molar-refractivity contribution is 5.80. The van der Waals surface area contributed by atoms with E-state index in [0.29, 0.717) is 11.3 Å². The number of halogens is 1. The third-order valence-electron chi connectivity index (χ3n) is 2.09. The number of hydrogen-bond donors (Lipinski definition) is 0. The van der Waals surface area contributed by atoms with Gasteiger partial charge in [0.1, 0.15) is 11.3 Å². The number of aryl methyl sites for hydroxylation is 1. The predicted octanol–water partition coefficient (Wildman–Crippen LogP) is 2.69. The number of ether oxygens (including phenoxy) is 1. The molecule has 0 amide bonds. The van der Waals surface area contributed by atoms with Gasteiger partial charge < -0.3 is 4.74 Å². The Hall–Kier alpha value is -1.64. The van der Waals surface area contributed by atoms with Crippen molar-refractivity contribution < 1.29 is 9.13 Å². The average Bonchev–Trinajstić information content (AvgIpc) is 2.19. The standard InChI is InChI=1S/C11H10FNO/c1-7-3-4-8-5-9(14-2)6-10(12)11(8)13-7/h3-6H,1-2H3. The molecule has 2 aromatic rings. The first-order chi connectivity index (χ1) is 6.70. The van der Waals surface area contributed by atoms with Gasteiger partial charge in [-0.3, -0.25) is 4.98 Å². The van der Waals surface area contributed by atoms with E-state index in [2.05, 4.69) is 4.98 Å². The number of aromatic nitrogens is 1. The summed E-state index contributed by atoms with van der Waals surface area (Å²) in [6, 6.07) is 6.80. The predicted molar refractivity (Wildman–Crippen MR) is 53.0 cm³/mol. The molecule has 0 radical (unpaired) electrons. The van der Waals surface area contributed by atoms with Gasteiger partial charge >= 0.3 is 0 Å². The molecule has 1 aromatic heterocycles. The summed E-state index contributed by atoms with van der Waals surface area (Å²) in [5.41, 5.74) is 1.20. The molecule has 72 valence electrons. The third kappa shape index (κ3) is 1.41. The van der Waals surface area contributed by atoms with Gasteiger partial charge in [-0.2, -0.15) is 0 Å². The molecule has 0 aliphatic rings. The second-order valence-electron chi connectivity index (χ2n) is 3.13. The maximum Gasteiger partial charge on any atom is 0.153 e. The van der Waals surface area contributed by atoms with Crippen LogP contribution in [0.5, 0.6) is 5.75 Å². The van der Waals surface area contributed by atoms with E-state index in [0.717, 1.165) is 11.1 Å². The van der Waals surface area contributed by atoms with Crippen molar-refractivity contribution in [1.82, 2.24) is 4.98 Å². The summed E-state index contributed by atoms with van der Waals surface area (Å²) < 4.78 is 18.4. The lowest BCUT2D eigenvalue weighted by atomic mass is 10.2. The second kappa shape index (κ2) is 3.25. The van der Waals surface area contributed by atoms with E-state index in [1.165, 1.54) is 13.2 Å². The fourth-order valence-corrected chi connectivity index (χ4v) is 1.38. The smallest absolute Gasteiger partial charge is 0.153 e. The summed E-state index contributed by atoms with van der Waals surface area (Å²) in [5.74, 6) is 0.170. The SMILES string of the molecule is COc1cc(F)c2nc(C)ccc2c1. The summed E-state index contributed by atoms with van der Waals surface area (Å²) in [7, 11) is 1.52. The zero-order chi connectivity index (χ0) is 10.1. The number of methoxy groups -OCH3 is 1. The fraction of sp³-hybridized carbons (Fsp3) is 0.182. The first-order valence-corrected chi connectivity index (χ1v) is 4.31. The fourth-order valence-electron chi connectivity index (χ4n) is 1.38. The molecule has 0 aliphatic heterocycles. The van der Waals surface area contributed by atoms with Crippen LogP contribution in [0.25, 0.3) is 10.9 Å². The molecule has 0 fully saturated rings. The van der Waals surface area contributed by atoms with Crippen LogP contribution in [0.2, 0.25) is 0 Å². The van der Waals surface area contributed by atoms with E-state index in [4.69, 9.17) is 4.74 Å². The van der Waals surface area contributed by atoms with Crippen molar-refractivity contribution in [1.29, 1.82) is 0 Å². The van der Waals surface area contributed by atoms with Crippen LogP contribution in [0.15, 0.2) is 24.3 Å². The number of nitrogens with zero attached hydrogens (tertiary/aromatic N) is 1. The lowest BCUT2D eigenvalue weighted by Crippen LogP contribution is -1.90. The first-order valence-electron chi connectivity index (χ1n) is 4.31. The minimum atomic E-state index is -0.344. The molecule has 2 rings (SSSR count). The highest BCUT2D eigenvalue weighted by Gasteiger charge is 2.05. The van der Waals surface area contributed by atoms with Crippen LogP contribution in [0, 0.1) is 12.7 Å². The first kappa shape index (κ1) is 8.94. The van der Waals surface area contributed by atoms with E-state index in [1.54, 1.807) is 6.07 Å². The van der Waals surface area contributed by atoms with Crippen LogP contribution in [0.4, 0.5) is 4.39 Å². The summed E-state index contributed by atoms with van der Waals surface area (Å²) in [6.07, 6.45) is 0. The molecule has 3 heteroatoms. The van der Waals surface area contributed by atoms with Crippen molar-refractivity contribution in [2.45, 2.75) is 6.92 Å².